The summed E-state index contributed by atoms with van der Waals surface area (Å²) in [4.78, 5) is 32.4. The predicted octanol–water partition coefficient (Wildman–Crippen LogP) is 1.22. The molecule has 0 saturated heterocycles. The lowest BCUT2D eigenvalue weighted by Gasteiger charge is -2.04. The van der Waals surface area contributed by atoms with Gasteiger partial charge in [0.2, 0.25) is 0 Å². The molecule has 90 valence electrons. The fourth-order valence-corrected chi connectivity index (χ4v) is 1.25. The highest BCUT2D eigenvalue weighted by Gasteiger charge is 2.14. The minimum atomic E-state index is -0.545. The smallest absolute Gasteiger partial charge is 0.273 e. The zero-order chi connectivity index (χ0) is 13.0. The summed E-state index contributed by atoms with van der Waals surface area (Å²) < 4.78 is 0. The molecule has 1 aromatic carbocycles. The molecule has 1 amide bonds. The topological polar surface area (TPSA) is 89.3 Å². The Labute approximate surface area is 97.8 Å². The zero-order valence-electron chi connectivity index (χ0n) is 9.52. The summed E-state index contributed by atoms with van der Waals surface area (Å²) in [5.41, 5.74) is 0.544. The van der Waals surface area contributed by atoms with E-state index >= 15 is 0 Å². The van der Waals surface area contributed by atoms with Gasteiger partial charge in [0.1, 0.15) is 5.78 Å². The first-order valence-corrected chi connectivity index (χ1v) is 4.94. The van der Waals surface area contributed by atoms with E-state index in [0.29, 0.717) is 5.56 Å². The monoisotopic (exact) mass is 236 g/mol. The van der Waals surface area contributed by atoms with Gasteiger partial charge in [0.25, 0.3) is 11.6 Å². The van der Waals surface area contributed by atoms with Gasteiger partial charge in [-0.25, -0.2) is 0 Å². The summed E-state index contributed by atoms with van der Waals surface area (Å²) in [5, 5.41) is 13.1. The summed E-state index contributed by atoms with van der Waals surface area (Å²) >= 11 is 0. The second-order valence-corrected chi connectivity index (χ2v) is 3.64. The van der Waals surface area contributed by atoms with Crippen LogP contribution in [0.25, 0.3) is 0 Å². The number of benzene rings is 1. The van der Waals surface area contributed by atoms with Crippen LogP contribution in [0.3, 0.4) is 0 Å². The van der Waals surface area contributed by atoms with Gasteiger partial charge in [0.05, 0.1) is 11.5 Å². The molecule has 1 aromatic rings. The first kappa shape index (κ1) is 12.8. The van der Waals surface area contributed by atoms with E-state index in [2.05, 4.69) is 5.32 Å². The Morgan fingerprint density at radius 1 is 1.41 bits per heavy atom. The molecule has 17 heavy (non-hydrogen) atoms. The molecular formula is C11H12N2O4. The van der Waals surface area contributed by atoms with Gasteiger partial charge in [-0.15, -0.1) is 0 Å². The van der Waals surface area contributed by atoms with Crippen LogP contribution in [0.2, 0.25) is 0 Å². The average molecular weight is 236 g/mol. The number of rotatable bonds is 4. The second kappa shape index (κ2) is 5.20. The van der Waals surface area contributed by atoms with Crippen LogP contribution in [0.1, 0.15) is 22.8 Å². The molecule has 0 unspecified atom stereocenters. The number of ketones is 1. The standard InChI is InChI=1S/C11H12N2O4/c1-7-3-4-9(5-10(7)13(16)17)11(15)12-6-8(2)14/h3-5H,6H2,1-2H3,(H,12,15). The van der Waals surface area contributed by atoms with E-state index < -0.39 is 10.8 Å². The number of carbonyl (C=O) groups excluding carboxylic acids is 2. The third kappa shape index (κ3) is 3.37. The van der Waals surface area contributed by atoms with Gasteiger partial charge in [-0.3, -0.25) is 19.7 Å². The Kier molecular flexibility index (Phi) is 3.92. The van der Waals surface area contributed by atoms with Crippen molar-refractivity contribution in [3.05, 3.63) is 39.4 Å². The van der Waals surface area contributed by atoms with Crippen molar-refractivity contribution in [2.24, 2.45) is 0 Å². The molecule has 0 atom stereocenters. The lowest BCUT2D eigenvalue weighted by atomic mass is 10.1. The second-order valence-electron chi connectivity index (χ2n) is 3.64. The van der Waals surface area contributed by atoms with Crippen LogP contribution >= 0.6 is 0 Å². The van der Waals surface area contributed by atoms with Crippen LogP contribution in [0.5, 0.6) is 0 Å². The van der Waals surface area contributed by atoms with Crippen molar-refractivity contribution < 1.29 is 14.5 Å². The van der Waals surface area contributed by atoms with Crippen LogP contribution in [-0.4, -0.2) is 23.2 Å². The van der Waals surface area contributed by atoms with E-state index in [1.54, 1.807) is 6.92 Å². The molecule has 6 nitrogen and oxygen atoms in total. The molecule has 0 heterocycles. The molecule has 6 heteroatoms. The van der Waals surface area contributed by atoms with E-state index in [9.17, 15) is 19.7 Å². The maximum Gasteiger partial charge on any atom is 0.273 e. The van der Waals surface area contributed by atoms with E-state index in [1.165, 1.54) is 25.1 Å². The summed E-state index contributed by atoms with van der Waals surface area (Å²) in [5.74, 6) is -0.678. The fraction of sp³-hybridized carbons (Fsp3) is 0.273. The van der Waals surface area contributed by atoms with Crippen LogP contribution in [0.4, 0.5) is 5.69 Å². The zero-order valence-corrected chi connectivity index (χ0v) is 9.52. The number of hydrogen-bond donors (Lipinski definition) is 1. The summed E-state index contributed by atoms with van der Waals surface area (Å²) in [6.07, 6.45) is 0. The van der Waals surface area contributed by atoms with Crippen molar-refractivity contribution in [2.45, 2.75) is 13.8 Å². The van der Waals surface area contributed by atoms with Crippen LogP contribution in [0.15, 0.2) is 18.2 Å². The van der Waals surface area contributed by atoms with Crippen molar-refractivity contribution >= 4 is 17.4 Å². The minimum Gasteiger partial charge on any atom is -0.345 e. The van der Waals surface area contributed by atoms with Gasteiger partial charge in [0.15, 0.2) is 0 Å². The van der Waals surface area contributed by atoms with Gasteiger partial charge < -0.3 is 5.32 Å². The first-order chi connectivity index (χ1) is 7.91. The number of carbonyl (C=O) groups is 2. The van der Waals surface area contributed by atoms with E-state index in [-0.39, 0.29) is 23.6 Å². The van der Waals surface area contributed by atoms with E-state index in [4.69, 9.17) is 0 Å². The average Bonchev–Trinajstić information content (AvgIpc) is 2.26. The number of amides is 1. The largest absolute Gasteiger partial charge is 0.345 e. The van der Waals surface area contributed by atoms with Crippen molar-refractivity contribution in [3.63, 3.8) is 0 Å². The lowest BCUT2D eigenvalue weighted by molar-refractivity contribution is -0.385. The Morgan fingerprint density at radius 3 is 2.59 bits per heavy atom. The maximum atomic E-state index is 11.5. The van der Waals surface area contributed by atoms with Gasteiger partial charge in [-0.1, -0.05) is 6.07 Å². The van der Waals surface area contributed by atoms with Gasteiger partial charge in [-0.2, -0.15) is 0 Å². The van der Waals surface area contributed by atoms with Crippen molar-refractivity contribution in [2.75, 3.05) is 6.54 Å². The first-order valence-electron chi connectivity index (χ1n) is 4.94. The number of nitrogens with one attached hydrogen (secondary N) is 1. The van der Waals surface area contributed by atoms with Crippen LogP contribution in [-0.2, 0) is 4.79 Å². The Balaban J connectivity index is 2.92. The fourth-order valence-electron chi connectivity index (χ4n) is 1.25. The SMILES string of the molecule is CC(=O)CNC(=O)c1ccc(C)c([N+](=O)[O-])c1. The van der Waals surface area contributed by atoms with E-state index in [1.807, 2.05) is 0 Å². The summed E-state index contributed by atoms with van der Waals surface area (Å²) in [6.45, 7) is 2.85. The lowest BCUT2D eigenvalue weighted by Crippen LogP contribution is -2.28. The summed E-state index contributed by atoms with van der Waals surface area (Å²) in [7, 11) is 0. The molecular weight excluding hydrogens is 224 g/mol. The highest BCUT2D eigenvalue weighted by molar-refractivity contribution is 5.97. The molecule has 0 saturated carbocycles. The predicted molar refractivity (Wildman–Crippen MR) is 60.8 cm³/mol. The summed E-state index contributed by atoms with van der Waals surface area (Å²) in [6, 6.07) is 4.18. The van der Waals surface area contributed by atoms with Gasteiger partial charge in [0, 0.05) is 17.2 Å². The molecule has 0 bridgehead atoms. The molecule has 1 rings (SSSR count). The third-order valence-electron chi connectivity index (χ3n) is 2.17. The van der Waals surface area contributed by atoms with E-state index in [0.717, 1.165) is 0 Å². The minimum absolute atomic E-state index is 0.0828. The molecule has 0 spiro atoms. The van der Waals surface area contributed by atoms with Crippen molar-refractivity contribution in [1.82, 2.24) is 5.32 Å². The molecule has 0 aliphatic carbocycles. The number of hydrogen-bond acceptors (Lipinski definition) is 4. The Hall–Kier alpha value is -2.24. The maximum absolute atomic E-state index is 11.5. The molecule has 0 aliphatic heterocycles. The normalized spacial score (nSPS) is 9.76. The number of nitro groups is 1. The Morgan fingerprint density at radius 2 is 2.06 bits per heavy atom. The van der Waals surface area contributed by atoms with Crippen molar-refractivity contribution in [1.29, 1.82) is 0 Å². The molecule has 0 aliphatic rings. The number of nitrogens with zero attached hydrogens (tertiary/aromatic N) is 1. The van der Waals surface area contributed by atoms with Crippen LogP contribution in [0, 0.1) is 17.0 Å². The molecule has 0 fully saturated rings. The van der Waals surface area contributed by atoms with Crippen LogP contribution < -0.4 is 5.32 Å². The molecule has 0 radical (unpaired) electrons. The van der Waals surface area contributed by atoms with Crippen molar-refractivity contribution in [3.8, 4) is 0 Å². The highest BCUT2D eigenvalue weighted by atomic mass is 16.6. The number of Topliss-reactive ketones (excluding diaryl/α,β-unsaturated/α-hetero) is 1. The molecule has 1 N–H and O–H groups in total. The number of aryl methyl sites for hydroxylation is 1. The quantitative estimate of drug-likeness (QED) is 0.628. The van der Waals surface area contributed by atoms with Gasteiger partial charge >= 0.3 is 0 Å². The Bertz CT molecular complexity index is 482. The highest BCUT2D eigenvalue weighted by Crippen LogP contribution is 2.18. The molecule has 0 aromatic heterocycles. The third-order valence-corrected chi connectivity index (χ3v) is 2.17. The van der Waals surface area contributed by atoms with Gasteiger partial charge in [-0.05, 0) is 19.9 Å². The number of nitro benzene ring substituents is 1.